The molecule has 0 radical (unpaired) electrons. The fraction of sp³-hybridized carbons (Fsp3) is 1.00. The molecule has 0 aromatic carbocycles. The normalized spacial score (nSPS) is 9.50. The molecule has 0 saturated carbocycles. The van der Waals surface area contributed by atoms with Gasteiger partial charge in [0, 0.05) is 0 Å². The summed E-state index contributed by atoms with van der Waals surface area (Å²) in [5.74, 6) is 0. The summed E-state index contributed by atoms with van der Waals surface area (Å²) >= 11 is 0. The van der Waals surface area contributed by atoms with E-state index >= 15 is 0 Å². The Morgan fingerprint density at radius 2 is 1.58 bits per heavy atom. The van der Waals surface area contributed by atoms with Crippen LogP contribution in [0.1, 0.15) is 19.8 Å². The molecule has 0 heterocycles. The number of nitrogens with two attached hydrogens (primary N) is 1. The van der Waals surface area contributed by atoms with Crippen LogP contribution in [0.3, 0.4) is 0 Å². The van der Waals surface area contributed by atoms with Crippen LogP contribution in [0, 0.1) is 0 Å². The van der Waals surface area contributed by atoms with Gasteiger partial charge in [0.05, 0.1) is 0 Å². The van der Waals surface area contributed by atoms with E-state index in [4.69, 9.17) is 5.73 Å². The first-order valence-corrected chi connectivity index (χ1v) is 3.30. The minimum Gasteiger partial charge on any atom is -0.330 e. The van der Waals surface area contributed by atoms with Crippen molar-refractivity contribution in [1.82, 2.24) is 0 Å². The fourth-order valence-corrected chi connectivity index (χ4v) is 0.204. The molecule has 0 bridgehead atoms. The van der Waals surface area contributed by atoms with Crippen molar-refractivity contribution in [3.05, 3.63) is 0 Å². The predicted molar refractivity (Wildman–Crippen MR) is 51.4 cm³/mol. The van der Waals surface area contributed by atoms with Crippen LogP contribution < -0.4 is 5.73 Å². The van der Waals surface area contributed by atoms with Gasteiger partial charge in [-0.2, -0.15) is 13.2 Å². The Labute approximate surface area is 86.7 Å². The summed E-state index contributed by atoms with van der Waals surface area (Å²) in [6.07, 6.45) is -2.24. The third-order valence-electron chi connectivity index (χ3n) is 0.709. The molecular formula is C6H14F4IN. The molecule has 6 heteroatoms. The molecule has 0 rings (SSSR count). The van der Waals surface area contributed by atoms with Gasteiger partial charge in [0.25, 0.3) is 0 Å². The summed E-state index contributed by atoms with van der Waals surface area (Å²) in [7, 11) is 0. The molecule has 78 valence electrons. The Morgan fingerprint density at radius 1 is 1.25 bits per heavy atom. The number of halogens is 5. The Morgan fingerprint density at radius 3 is 1.58 bits per heavy atom. The van der Waals surface area contributed by atoms with Gasteiger partial charge in [-0.15, -0.1) is 24.0 Å². The summed E-state index contributed by atoms with van der Waals surface area (Å²) in [4.78, 5) is 0. The Hall–Kier alpha value is 0.410. The van der Waals surface area contributed by atoms with Crippen molar-refractivity contribution >= 4 is 24.0 Å². The molecule has 0 aromatic heterocycles. The first kappa shape index (κ1) is 18.2. The zero-order valence-electron chi connectivity index (χ0n) is 6.83. The third-order valence-corrected chi connectivity index (χ3v) is 0.709. The van der Waals surface area contributed by atoms with E-state index in [0.29, 0.717) is 0 Å². The van der Waals surface area contributed by atoms with E-state index in [9.17, 15) is 17.6 Å². The van der Waals surface area contributed by atoms with Crippen LogP contribution in [-0.4, -0.2) is 19.4 Å². The molecule has 0 saturated heterocycles. The Balaban J connectivity index is -0.000000126. The van der Waals surface area contributed by atoms with Crippen molar-refractivity contribution in [2.75, 3.05) is 13.2 Å². The highest BCUT2D eigenvalue weighted by molar-refractivity contribution is 14.0. The van der Waals surface area contributed by atoms with Crippen molar-refractivity contribution in [1.29, 1.82) is 0 Å². The second kappa shape index (κ2) is 11.4. The van der Waals surface area contributed by atoms with Crippen LogP contribution >= 0.6 is 24.0 Å². The van der Waals surface area contributed by atoms with E-state index < -0.39 is 12.9 Å². The molecule has 0 spiro atoms. The summed E-state index contributed by atoms with van der Waals surface area (Å²) < 4.78 is 41.6. The number of hydrogen-bond donors (Lipinski definition) is 1. The van der Waals surface area contributed by atoms with Crippen molar-refractivity contribution in [2.45, 2.75) is 25.9 Å². The molecule has 0 fully saturated rings. The summed E-state index contributed by atoms with van der Waals surface area (Å²) in [6, 6.07) is 0. The zero-order chi connectivity index (χ0) is 9.33. The monoisotopic (exact) mass is 303 g/mol. The summed E-state index contributed by atoms with van der Waals surface area (Å²) in [6.45, 7) is 0.746. The molecular weight excluding hydrogens is 289 g/mol. The standard InChI is InChI=1S/C4H11N.C2H2F4.HI/c1-2-3-4-5;3-1-2(4,5)6;/h2-5H2,1H3;1H2;1H. The molecule has 0 amide bonds. The average molecular weight is 303 g/mol. The van der Waals surface area contributed by atoms with Crippen LogP contribution in [0.5, 0.6) is 0 Å². The smallest absolute Gasteiger partial charge is 0.330 e. The minimum absolute atomic E-state index is 0. The Kier molecular flexibility index (Phi) is 17.3. The third kappa shape index (κ3) is 31.5. The number of alkyl halides is 4. The van der Waals surface area contributed by atoms with E-state index in [0.717, 1.165) is 6.54 Å². The van der Waals surface area contributed by atoms with E-state index in [1.54, 1.807) is 0 Å². The summed E-state index contributed by atoms with van der Waals surface area (Å²) in [5, 5.41) is 0. The maximum absolute atomic E-state index is 10.4. The van der Waals surface area contributed by atoms with Crippen molar-refractivity contribution in [3.8, 4) is 0 Å². The fourth-order valence-electron chi connectivity index (χ4n) is 0.204. The molecule has 0 aliphatic carbocycles. The van der Waals surface area contributed by atoms with Gasteiger partial charge in [-0.25, -0.2) is 4.39 Å². The van der Waals surface area contributed by atoms with E-state index in [1.165, 1.54) is 12.8 Å². The van der Waals surface area contributed by atoms with Gasteiger partial charge in [0.2, 0.25) is 0 Å². The zero-order valence-corrected chi connectivity index (χ0v) is 9.16. The molecule has 0 atom stereocenters. The maximum atomic E-state index is 10.4. The van der Waals surface area contributed by atoms with Crippen LogP contribution in [0.15, 0.2) is 0 Å². The van der Waals surface area contributed by atoms with Gasteiger partial charge in [-0.3, -0.25) is 0 Å². The maximum Gasteiger partial charge on any atom is 0.416 e. The lowest BCUT2D eigenvalue weighted by atomic mass is 10.3. The first-order chi connectivity index (χ1) is 4.97. The van der Waals surface area contributed by atoms with Crippen LogP contribution in [-0.2, 0) is 0 Å². The second-order valence-corrected chi connectivity index (χ2v) is 1.89. The summed E-state index contributed by atoms with van der Waals surface area (Å²) in [5.41, 5.74) is 5.14. The van der Waals surface area contributed by atoms with E-state index in [2.05, 4.69) is 6.92 Å². The highest BCUT2D eigenvalue weighted by Crippen LogP contribution is 2.13. The minimum atomic E-state index is -4.62. The molecule has 0 aliphatic rings. The number of unbranched alkanes of at least 4 members (excludes halogenated alkanes) is 1. The second-order valence-electron chi connectivity index (χ2n) is 1.89. The van der Waals surface area contributed by atoms with Crippen LogP contribution in [0.4, 0.5) is 17.6 Å². The van der Waals surface area contributed by atoms with Gasteiger partial charge < -0.3 is 5.73 Å². The van der Waals surface area contributed by atoms with Gasteiger partial charge in [-0.1, -0.05) is 13.3 Å². The average Bonchev–Trinajstić information content (AvgIpc) is 1.90. The van der Waals surface area contributed by atoms with Crippen LogP contribution in [0.2, 0.25) is 0 Å². The van der Waals surface area contributed by atoms with Crippen molar-refractivity contribution in [2.24, 2.45) is 5.73 Å². The lowest BCUT2D eigenvalue weighted by Gasteiger charge is -1.93. The number of hydrogen-bond acceptors (Lipinski definition) is 1. The molecule has 2 N–H and O–H groups in total. The van der Waals surface area contributed by atoms with E-state index in [1.807, 2.05) is 0 Å². The molecule has 0 unspecified atom stereocenters. The Bertz CT molecular complexity index is 74.4. The lowest BCUT2D eigenvalue weighted by molar-refractivity contribution is -0.142. The predicted octanol–water partition coefficient (Wildman–Crippen LogP) is 2.88. The largest absolute Gasteiger partial charge is 0.416 e. The lowest BCUT2D eigenvalue weighted by Crippen LogP contribution is -2.08. The van der Waals surface area contributed by atoms with Crippen molar-refractivity contribution < 1.29 is 17.6 Å². The molecule has 0 aromatic rings. The molecule has 12 heavy (non-hydrogen) atoms. The van der Waals surface area contributed by atoms with Gasteiger partial charge in [0.1, 0.15) is 0 Å². The van der Waals surface area contributed by atoms with E-state index in [-0.39, 0.29) is 24.0 Å². The van der Waals surface area contributed by atoms with Crippen LogP contribution in [0.25, 0.3) is 0 Å². The highest BCUT2D eigenvalue weighted by atomic mass is 127. The SMILES string of the molecule is CCCCN.FCC(F)(F)F.I. The quantitative estimate of drug-likeness (QED) is 0.616. The highest BCUT2D eigenvalue weighted by Gasteiger charge is 2.26. The van der Waals surface area contributed by atoms with Gasteiger partial charge in [0.15, 0.2) is 6.67 Å². The van der Waals surface area contributed by atoms with Crippen molar-refractivity contribution in [3.63, 3.8) is 0 Å². The topological polar surface area (TPSA) is 26.0 Å². The van der Waals surface area contributed by atoms with Gasteiger partial charge in [-0.05, 0) is 13.0 Å². The number of rotatable bonds is 2. The molecule has 0 aliphatic heterocycles. The van der Waals surface area contributed by atoms with Gasteiger partial charge >= 0.3 is 6.18 Å². The molecule has 1 nitrogen and oxygen atoms in total. The first-order valence-electron chi connectivity index (χ1n) is 3.30.